The number of methoxy groups -OCH3 is 2. The lowest BCUT2D eigenvalue weighted by Gasteiger charge is -2.15. The van der Waals surface area contributed by atoms with Crippen molar-refractivity contribution in [1.82, 2.24) is 9.66 Å². The summed E-state index contributed by atoms with van der Waals surface area (Å²) in [6.07, 6.45) is 1.47. The fraction of sp³-hybridized carbons (Fsp3) is 0.118. The second-order valence-corrected chi connectivity index (χ2v) is 10.4. The number of carbonyl (C=O) groups is 1. The number of carbonyl (C=O) groups excluding carboxylic acids is 1. The van der Waals surface area contributed by atoms with Crippen molar-refractivity contribution in [3.05, 3.63) is 111 Å². The summed E-state index contributed by atoms with van der Waals surface area (Å²) in [7, 11) is 2.94. The molecule has 0 atom stereocenters. The van der Waals surface area contributed by atoms with Crippen molar-refractivity contribution in [2.24, 2.45) is 5.10 Å². The van der Waals surface area contributed by atoms with Gasteiger partial charge in [0.2, 0.25) is 11.6 Å². The first-order valence-corrected chi connectivity index (χ1v) is 14.2. The molecule has 0 bridgehead atoms. The van der Waals surface area contributed by atoms with Crippen molar-refractivity contribution in [2.75, 3.05) is 26.1 Å². The molecule has 1 N–H and O–H groups in total. The molecule has 0 unspecified atom stereocenters. The molecular formula is C34H27ClN4O6. The van der Waals surface area contributed by atoms with Crippen LogP contribution in [0.4, 0.5) is 5.69 Å². The van der Waals surface area contributed by atoms with Crippen molar-refractivity contribution in [1.29, 1.82) is 0 Å². The van der Waals surface area contributed by atoms with Crippen LogP contribution in [0.15, 0.2) is 99.2 Å². The van der Waals surface area contributed by atoms with Crippen molar-refractivity contribution >= 4 is 51.3 Å². The molecule has 2 heterocycles. The lowest BCUT2D eigenvalue weighted by Crippen LogP contribution is -2.21. The third kappa shape index (κ3) is 6.09. The monoisotopic (exact) mass is 622 g/mol. The highest BCUT2D eigenvalue weighted by molar-refractivity contribution is 6.31. The quantitative estimate of drug-likeness (QED) is 0.179. The Bertz CT molecular complexity index is 2130. The number of anilines is 1. The predicted octanol–water partition coefficient (Wildman–Crippen LogP) is 6.69. The minimum atomic E-state index is -0.385. The van der Waals surface area contributed by atoms with Gasteiger partial charge >= 0.3 is 0 Å². The zero-order valence-electron chi connectivity index (χ0n) is 24.5. The van der Waals surface area contributed by atoms with Crippen molar-refractivity contribution in [3.8, 4) is 28.8 Å². The van der Waals surface area contributed by atoms with Gasteiger partial charge in [-0.15, -0.1) is 0 Å². The number of furan rings is 1. The maximum atomic E-state index is 13.7. The number of benzene rings is 4. The number of nitrogens with zero attached hydrogens (tertiary/aromatic N) is 3. The smallest absolute Gasteiger partial charge is 0.282 e. The van der Waals surface area contributed by atoms with E-state index in [1.165, 1.54) is 25.1 Å². The summed E-state index contributed by atoms with van der Waals surface area (Å²) in [5.41, 5.74) is 2.86. The van der Waals surface area contributed by atoms with Crippen molar-refractivity contribution in [3.63, 3.8) is 0 Å². The fourth-order valence-corrected chi connectivity index (χ4v) is 4.97. The molecule has 4 aromatic carbocycles. The highest BCUT2D eigenvalue weighted by atomic mass is 35.5. The van der Waals surface area contributed by atoms with Gasteiger partial charge in [0.15, 0.2) is 23.9 Å². The van der Waals surface area contributed by atoms with Gasteiger partial charge in [0.25, 0.3) is 11.5 Å². The normalized spacial score (nSPS) is 11.3. The van der Waals surface area contributed by atoms with Crippen LogP contribution < -0.4 is 25.1 Å². The molecule has 0 aliphatic heterocycles. The summed E-state index contributed by atoms with van der Waals surface area (Å²) in [6, 6.07) is 24.8. The van der Waals surface area contributed by atoms with Gasteiger partial charge in [-0.05, 0) is 67.1 Å². The number of amides is 1. The van der Waals surface area contributed by atoms with E-state index in [0.717, 1.165) is 10.9 Å². The summed E-state index contributed by atoms with van der Waals surface area (Å²) in [5.74, 6) is 1.05. The molecule has 0 aliphatic rings. The third-order valence-corrected chi connectivity index (χ3v) is 7.26. The Kier molecular flexibility index (Phi) is 8.22. The minimum absolute atomic E-state index is 0.209. The molecule has 0 saturated heterocycles. The summed E-state index contributed by atoms with van der Waals surface area (Å²) in [6.45, 7) is 1.62. The van der Waals surface area contributed by atoms with E-state index >= 15 is 0 Å². The first-order chi connectivity index (χ1) is 21.8. The number of rotatable bonds is 9. The first-order valence-electron chi connectivity index (χ1n) is 13.8. The lowest BCUT2D eigenvalue weighted by molar-refractivity contribution is -0.118. The Morgan fingerprint density at radius 1 is 1.00 bits per heavy atom. The largest absolute Gasteiger partial charge is 0.493 e. The van der Waals surface area contributed by atoms with Crippen LogP contribution in [-0.4, -0.2) is 42.6 Å². The van der Waals surface area contributed by atoms with Gasteiger partial charge in [-0.25, -0.2) is 4.98 Å². The molecule has 0 radical (unpaired) electrons. The number of para-hydroxylation sites is 2. The Hall–Kier alpha value is -5.61. The number of hydrogen-bond acceptors (Lipinski definition) is 8. The molecule has 6 rings (SSSR count). The number of aromatic nitrogens is 2. The van der Waals surface area contributed by atoms with Gasteiger partial charge in [-0.3, -0.25) is 9.59 Å². The van der Waals surface area contributed by atoms with Gasteiger partial charge in [0.05, 0.1) is 31.3 Å². The van der Waals surface area contributed by atoms with E-state index in [9.17, 15) is 9.59 Å². The molecule has 11 heteroatoms. The average Bonchev–Trinajstić information content (AvgIpc) is 3.47. The van der Waals surface area contributed by atoms with Crippen LogP contribution >= 0.6 is 11.6 Å². The summed E-state index contributed by atoms with van der Waals surface area (Å²) in [5, 5.41) is 9.05. The van der Waals surface area contributed by atoms with Crippen molar-refractivity contribution < 1.29 is 23.4 Å². The molecule has 10 nitrogen and oxygen atoms in total. The Labute approximate surface area is 262 Å². The zero-order chi connectivity index (χ0) is 31.5. The van der Waals surface area contributed by atoms with Crippen LogP contribution in [0.3, 0.4) is 0 Å². The van der Waals surface area contributed by atoms with Crippen LogP contribution in [0.25, 0.3) is 33.5 Å². The minimum Gasteiger partial charge on any atom is -0.493 e. The second-order valence-electron chi connectivity index (χ2n) is 10.0. The zero-order valence-corrected chi connectivity index (χ0v) is 25.3. The maximum absolute atomic E-state index is 13.7. The lowest BCUT2D eigenvalue weighted by atomic mass is 10.2. The molecule has 0 fully saturated rings. The summed E-state index contributed by atoms with van der Waals surface area (Å²) >= 11 is 6.18. The van der Waals surface area contributed by atoms with E-state index in [1.807, 2.05) is 31.2 Å². The number of nitrogens with one attached hydrogen (secondary N) is 1. The van der Waals surface area contributed by atoms with Gasteiger partial charge in [-0.1, -0.05) is 41.9 Å². The van der Waals surface area contributed by atoms with E-state index in [2.05, 4.69) is 10.4 Å². The van der Waals surface area contributed by atoms with Gasteiger partial charge in [0, 0.05) is 21.7 Å². The molecule has 0 spiro atoms. The number of fused-ring (bicyclic) bond motifs is 2. The van der Waals surface area contributed by atoms with Gasteiger partial charge < -0.3 is 23.9 Å². The summed E-state index contributed by atoms with van der Waals surface area (Å²) in [4.78, 5) is 31.0. The average molecular weight is 623 g/mol. The van der Waals surface area contributed by atoms with Crippen LogP contribution in [0.2, 0.25) is 5.02 Å². The van der Waals surface area contributed by atoms with Crippen LogP contribution in [0.5, 0.6) is 17.2 Å². The van der Waals surface area contributed by atoms with Crippen LogP contribution in [0.1, 0.15) is 11.1 Å². The second kappa shape index (κ2) is 12.6. The third-order valence-electron chi connectivity index (χ3n) is 7.02. The van der Waals surface area contributed by atoms with Crippen LogP contribution in [0, 0.1) is 6.92 Å². The Morgan fingerprint density at radius 3 is 2.49 bits per heavy atom. The van der Waals surface area contributed by atoms with Crippen molar-refractivity contribution in [2.45, 2.75) is 6.92 Å². The predicted molar refractivity (Wildman–Crippen MR) is 174 cm³/mol. The first kappa shape index (κ1) is 29.5. The van der Waals surface area contributed by atoms with E-state index < -0.39 is 0 Å². The van der Waals surface area contributed by atoms with Crippen LogP contribution in [-0.2, 0) is 4.79 Å². The number of hydrogen-bond donors (Lipinski definition) is 1. The fourth-order valence-electron chi connectivity index (χ4n) is 4.79. The molecular weight excluding hydrogens is 596 g/mol. The molecule has 1 amide bonds. The topological polar surface area (TPSA) is 117 Å². The number of aryl methyl sites for hydroxylation is 1. The molecule has 45 heavy (non-hydrogen) atoms. The molecule has 0 saturated carbocycles. The molecule has 0 aliphatic carbocycles. The maximum Gasteiger partial charge on any atom is 0.282 e. The molecule has 6 aromatic rings. The highest BCUT2D eigenvalue weighted by Gasteiger charge is 2.18. The Morgan fingerprint density at radius 2 is 1.73 bits per heavy atom. The van der Waals surface area contributed by atoms with Gasteiger partial charge in [0.1, 0.15) is 5.58 Å². The van der Waals surface area contributed by atoms with E-state index in [0.29, 0.717) is 50.0 Å². The molecule has 2 aromatic heterocycles. The SMILES string of the molecule is COc1cc(C=Nn2c(-c3cc4cc(Cl)ccc4o3)nc3ccccc3c2=O)cc(OC)c1OCC(=O)Nc1ccccc1C. The standard InChI is InChI=1S/C34H27ClN4O6/c1-20-8-4-6-10-25(20)37-31(40)19-44-32-28(42-2)14-21(15-29(32)43-3)18-36-39-33(38-26-11-7-5-9-24(26)34(39)41)30-17-22-16-23(35)12-13-27(22)45-30/h4-18H,19H2,1-3H3,(H,37,40). The molecule has 226 valence electrons. The summed E-state index contributed by atoms with van der Waals surface area (Å²) < 4.78 is 24.2. The van der Waals surface area contributed by atoms with E-state index in [1.54, 1.807) is 60.7 Å². The van der Waals surface area contributed by atoms with E-state index in [4.69, 9.17) is 35.2 Å². The number of ether oxygens (including phenoxy) is 3. The number of halogens is 1. The van der Waals surface area contributed by atoms with E-state index in [-0.39, 0.29) is 29.6 Å². The highest BCUT2D eigenvalue weighted by Crippen LogP contribution is 2.38. The van der Waals surface area contributed by atoms with Gasteiger partial charge in [-0.2, -0.15) is 9.78 Å². The Balaban J connectivity index is 1.34.